The zero-order valence-corrected chi connectivity index (χ0v) is 18.8. The summed E-state index contributed by atoms with van der Waals surface area (Å²) in [6.07, 6.45) is 1.27. The van der Waals surface area contributed by atoms with E-state index in [0.29, 0.717) is 43.8 Å². The molecule has 0 atom stereocenters. The van der Waals surface area contributed by atoms with E-state index in [0.717, 1.165) is 6.54 Å². The number of halogens is 1. The molecule has 1 aromatic heterocycles. The van der Waals surface area contributed by atoms with Crippen LogP contribution in [-0.2, 0) is 4.79 Å². The number of hydrogen-bond donors (Lipinski definition) is 1. The van der Waals surface area contributed by atoms with Crippen molar-refractivity contribution in [2.45, 2.75) is 26.7 Å². The van der Waals surface area contributed by atoms with Crippen LogP contribution in [0, 0.1) is 17.2 Å². The first-order chi connectivity index (χ1) is 14.6. The monoisotopic (exact) mass is 429 g/mol. The van der Waals surface area contributed by atoms with Crippen molar-refractivity contribution in [1.82, 2.24) is 15.1 Å². The molecular formula is C24H32FN3O3. The lowest BCUT2D eigenvalue weighted by Crippen LogP contribution is -2.46. The van der Waals surface area contributed by atoms with Crippen molar-refractivity contribution < 1.29 is 18.4 Å². The SMILES string of the molecule is CN(C)CC(C)(C)CNC(=O)C1CCN(C(=O)c2ccc(-c3ccc(F)cc3)o2)CC1. The second-order valence-electron chi connectivity index (χ2n) is 9.36. The molecule has 7 heteroatoms. The van der Waals surface area contributed by atoms with Crippen LogP contribution in [0.5, 0.6) is 0 Å². The van der Waals surface area contributed by atoms with E-state index < -0.39 is 0 Å². The Balaban J connectivity index is 1.51. The molecule has 6 nitrogen and oxygen atoms in total. The van der Waals surface area contributed by atoms with Crippen LogP contribution in [0.4, 0.5) is 4.39 Å². The first kappa shape index (κ1) is 23.0. The molecule has 1 aliphatic rings. The highest BCUT2D eigenvalue weighted by Crippen LogP contribution is 2.25. The van der Waals surface area contributed by atoms with Gasteiger partial charge >= 0.3 is 0 Å². The lowest BCUT2D eigenvalue weighted by molar-refractivity contribution is -0.126. The number of furan rings is 1. The van der Waals surface area contributed by atoms with Crippen LogP contribution >= 0.6 is 0 Å². The molecule has 1 N–H and O–H groups in total. The Kier molecular flexibility index (Phi) is 7.15. The maximum Gasteiger partial charge on any atom is 0.289 e. The summed E-state index contributed by atoms with van der Waals surface area (Å²) in [5.41, 5.74) is 0.713. The summed E-state index contributed by atoms with van der Waals surface area (Å²) in [4.78, 5) is 29.2. The normalized spacial score (nSPS) is 15.4. The minimum Gasteiger partial charge on any atom is -0.451 e. The van der Waals surface area contributed by atoms with E-state index in [9.17, 15) is 14.0 Å². The van der Waals surface area contributed by atoms with Crippen LogP contribution in [0.25, 0.3) is 11.3 Å². The van der Waals surface area contributed by atoms with Gasteiger partial charge in [-0.15, -0.1) is 0 Å². The third kappa shape index (κ3) is 6.17. The molecule has 31 heavy (non-hydrogen) atoms. The van der Waals surface area contributed by atoms with Gasteiger partial charge in [0.2, 0.25) is 5.91 Å². The van der Waals surface area contributed by atoms with E-state index in [-0.39, 0.29) is 34.7 Å². The lowest BCUT2D eigenvalue weighted by atomic mass is 9.91. The fourth-order valence-electron chi connectivity index (χ4n) is 4.11. The summed E-state index contributed by atoms with van der Waals surface area (Å²) in [7, 11) is 4.05. The number of rotatable bonds is 7. The standard InChI is InChI=1S/C24H32FN3O3/c1-24(2,16-27(3)4)15-26-22(29)18-11-13-28(14-12-18)23(30)21-10-9-20(31-21)17-5-7-19(25)8-6-17/h5-10,18H,11-16H2,1-4H3,(H,26,29). The number of nitrogens with one attached hydrogen (secondary N) is 1. The molecule has 0 aliphatic carbocycles. The van der Waals surface area contributed by atoms with Crippen molar-refractivity contribution in [3.05, 3.63) is 48.0 Å². The zero-order chi connectivity index (χ0) is 22.6. The van der Waals surface area contributed by atoms with Crippen LogP contribution in [-0.4, -0.2) is 61.9 Å². The van der Waals surface area contributed by atoms with E-state index in [2.05, 4.69) is 24.1 Å². The number of nitrogens with zero attached hydrogens (tertiary/aromatic N) is 2. The van der Waals surface area contributed by atoms with E-state index in [1.165, 1.54) is 12.1 Å². The smallest absolute Gasteiger partial charge is 0.289 e. The maximum atomic E-state index is 13.1. The third-order valence-electron chi connectivity index (χ3n) is 5.58. The molecule has 2 aromatic rings. The van der Waals surface area contributed by atoms with Gasteiger partial charge < -0.3 is 19.5 Å². The summed E-state index contributed by atoms with van der Waals surface area (Å²) >= 11 is 0. The van der Waals surface area contributed by atoms with Gasteiger partial charge in [-0.2, -0.15) is 0 Å². The van der Waals surface area contributed by atoms with Crippen molar-refractivity contribution in [2.24, 2.45) is 11.3 Å². The van der Waals surface area contributed by atoms with Gasteiger partial charge in [0, 0.05) is 37.7 Å². The Morgan fingerprint density at radius 1 is 1.13 bits per heavy atom. The molecule has 0 bridgehead atoms. The maximum absolute atomic E-state index is 13.1. The number of amides is 2. The molecule has 2 heterocycles. The summed E-state index contributed by atoms with van der Waals surface area (Å²) in [5, 5.41) is 3.08. The summed E-state index contributed by atoms with van der Waals surface area (Å²) < 4.78 is 18.8. The average Bonchev–Trinajstić information content (AvgIpc) is 3.21. The summed E-state index contributed by atoms with van der Waals surface area (Å²) in [6.45, 7) is 6.83. The molecule has 1 saturated heterocycles. The van der Waals surface area contributed by atoms with Crippen molar-refractivity contribution in [3.63, 3.8) is 0 Å². The molecule has 168 valence electrons. The largest absolute Gasteiger partial charge is 0.451 e. The van der Waals surface area contributed by atoms with Crippen LogP contribution in [0.2, 0.25) is 0 Å². The molecule has 1 fully saturated rings. The van der Waals surface area contributed by atoms with Gasteiger partial charge in [-0.25, -0.2) is 4.39 Å². The summed E-state index contributed by atoms with van der Waals surface area (Å²) in [6, 6.07) is 9.31. The molecule has 0 radical (unpaired) electrons. The van der Waals surface area contributed by atoms with Crippen LogP contribution in [0.1, 0.15) is 37.2 Å². The fourth-order valence-corrected chi connectivity index (χ4v) is 4.11. The minimum atomic E-state index is -0.320. The Morgan fingerprint density at radius 3 is 2.39 bits per heavy atom. The average molecular weight is 430 g/mol. The van der Waals surface area contributed by atoms with Crippen molar-refractivity contribution in [1.29, 1.82) is 0 Å². The number of likely N-dealkylation sites (tertiary alicyclic amines) is 1. The van der Waals surface area contributed by atoms with E-state index in [1.807, 2.05) is 14.1 Å². The van der Waals surface area contributed by atoms with Crippen LogP contribution in [0.3, 0.4) is 0 Å². The predicted octanol–water partition coefficient (Wildman–Crippen LogP) is 3.64. The number of benzene rings is 1. The van der Waals surface area contributed by atoms with E-state index in [4.69, 9.17) is 4.42 Å². The molecular weight excluding hydrogens is 397 g/mol. The van der Waals surface area contributed by atoms with Gasteiger partial charge in [-0.05, 0) is 68.8 Å². The molecule has 2 amide bonds. The Morgan fingerprint density at radius 2 is 1.77 bits per heavy atom. The molecule has 0 saturated carbocycles. The first-order valence-corrected chi connectivity index (χ1v) is 10.7. The van der Waals surface area contributed by atoms with Crippen molar-refractivity contribution in [2.75, 3.05) is 40.3 Å². The molecule has 1 aromatic carbocycles. The van der Waals surface area contributed by atoms with Gasteiger partial charge in [-0.1, -0.05) is 13.8 Å². The highest BCUT2D eigenvalue weighted by Gasteiger charge is 2.30. The minimum absolute atomic E-state index is 0.00263. The van der Waals surface area contributed by atoms with Gasteiger partial charge in [0.1, 0.15) is 11.6 Å². The first-order valence-electron chi connectivity index (χ1n) is 10.7. The lowest BCUT2D eigenvalue weighted by Gasteiger charge is -2.32. The molecule has 0 spiro atoms. The zero-order valence-electron chi connectivity index (χ0n) is 18.8. The van der Waals surface area contributed by atoms with E-state index >= 15 is 0 Å². The second-order valence-corrected chi connectivity index (χ2v) is 9.36. The van der Waals surface area contributed by atoms with Gasteiger partial charge in [0.25, 0.3) is 5.91 Å². The Bertz CT molecular complexity index is 897. The van der Waals surface area contributed by atoms with Gasteiger partial charge in [-0.3, -0.25) is 9.59 Å². The second kappa shape index (κ2) is 9.64. The quantitative estimate of drug-likeness (QED) is 0.730. The highest BCUT2D eigenvalue weighted by molar-refractivity contribution is 5.92. The third-order valence-corrected chi connectivity index (χ3v) is 5.58. The number of carbonyl (C=O) groups is 2. The van der Waals surface area contributed by atoms with Crippen LogP contribution in [0.15, 0.2) is 40.8 Å². The van der Waals surface area contributed by atoms with Crippen molar-refractivity contribution >= 4 is 11.8 Å². The van der Waals surface area contributed by atoms with Crippen molar-refractivity contribution in [3.8, 4) is 11.3 Å². The Labute approximate surface area is 183 Å². The van der Waals surface area contributed by atoms with Gasteiger partial charge in [0.05, 0.1) is 0 Å². The highest BCUT2D eigenvalue weighted by atomic mass is 19.1. The number of carbonyl (C=O) groups excluding carboxylic acids is 2. The summed E-state index contributed by atoms with van der Waals surface area (Å²) in [5.74, 6) is 0.269. The van der Waals surface area contributed by atoms with E-state index in [1.54, 1.807) is 29.2 Å². The molecule has 1 aliphatic heterocycles. The number of hydrogen-bond acceptors (Lipinski definition) is 4. The predicted molar refractivity (Wildman–Crippen MR) is 118 cm³/mol. The van der Waals surface area contributed by atoms with Crippen LogP contribution < -0.4 is 5.32 Å². The topological polar surface area (TPSA) is 65.8 Å². The Hall–Kier alpha value is -2.67. The fraction of sp³-hybridized carbons (Fsp3) is 0.500. The number of piperidine rings is 1. The van der Waals surface area contributed by atoms with Gasteiger partial charge in [0.15, 0.2) is 5.76 Å². The molecule has 0 unspecified atom stereocenters. The molecule has 3 rings (SSSR count).